The Balaban J connectivity index is 2.56. The summed E-state index contributed by atoms with van der Waals surface area (Å²) in [5.74, 6) is 0.130. The Morgan fingerprint density at radius 2 is 1.67 bits per heavy atom. The molecule has 0 unspecified atom stereocenters. The van der Waals surface area contributed by atoms with Gasteiger partial charge >= 0.3 is 6.09 Å². The number of nitrogens with zero attached hydrogens (tertiary/aromatic N) is 3. The number of piperazine rings is 1. The number of carbonyl (C=O) groups is 2. The van der Waals surface area contributed by atoms with Crippen molar-refractivity contribution < 1.29 is 22.7 Å². The Morgan fingerprint density at radius 1 is 1.12 bits per heavy atom. The van der Waals surface area contributed by atoms with Gasteiger partial charge in [0.2, 0.25) is 15.9 Å². The molecule has 0 radical (unpaired) electrons. The minimum atomic E-state index is -3.42. The molecular formula is C15H29N3O5S. The fourth-order valence-electron chi connectivity index (χ4n) is 2.37. The lowest BCUT2D eigenvalue weighted by molar-refractivity contribution is -0.133. The molecule has 1 fully saturated rings. The van der Waals surface area contributed by atoms with Crippen molar-refractivity contribution in [3.8, 4) is 0 Å². The number of amides is 2. The van der Waals surface area contributed by atoms with Crippen molar-refractivity contribution in [3.63, 3.8) is 0 Å². The van der Waals surface area contributed by atoms with E-state index in [9.17, 15) is 18.0 Å². The van der Waals surface area contributed by atoms with E-state index in [1.54, 1.807) is 16.7 Å². The molecule has 0 aromatic rings. The predicted molar refractivity (Wildman–Crippen MR) is 91.0 cm³/mol. The standard InChI is InChI=1S/C15H29N3O5S/c1-5-23-15(20)17-10-8-16(9-11-17)14(19)12-18(24(4,21)22)7-6-13(2)3/h13H,5-12H2,1-4H3. The smallest absolute Gasteiger partial charge is 0.409 e. The van der Waals surface area contributed by atoms with Gasteiger partial charge in [0.1, 0.15) is 0 Å². The van der Waals surface area contributed by atoms with E-state index in [1.165, 1.54) is 4.31 Å². The number of ether oxygens (including phenoxy) is 1. The highest BCUT2D eigenvalue weighted by Crippen LogP contribution is 2.09. The van der Waals surface area contributed by atoms with Crippen LogP contribution in [0.2, 0.25) is 0 Å². The first-order valence-electron chi connectivity index (χ1n) is 8.29. The highest BCUT2D eigenvalue weighted by atomic mass is 32.2. The average Bonchev–Trinajstić information content (AvgIpc) is 2.50. The summed E-state index contributed by atoms with van der Waals surface area (Å²) >= 11 is 0. The number of rotatable bonds is 7. The quantitative estimate of drug-likeness (QED) is 0.661. The second-order valence-corrected chi connectivity index (χ2v) is 8.33. The zero-order valence-electron chi connectivity index (χ0n) is 15.0. The van der Waals surface area contributed by atoms with Crippen LogP contribution in [-0.2, 0) is 19.6 Å². The molecule has 0 atom stereocenters. The number of hydrogen-bond acceptors (Lipinski definition) is 5. The normalized spacial score (nSPS) is 15.9. The third-order valence-electron chi connectivity index (χ3n) is 3.89. The van der Waals surface area contributed by atoms with E-state index in [1.807, 2.05) is 13.8 Å². The van der Waals surface area contributed by atoms with E-state index >= 15 is 0 Å². The first-order valence-corrected chi connectivity index (χ1v) is 10.1. The van der Waals surface area contributed by atoms with Gasteiger partial charge in [-0.15, -0.1) is 0 Å². The number of carbonyl (C=O) groups excluding carboxylic acids is 2. The van der Waals surface area contributed by atoms with Gasteiger partial charge in [0, 0.05) is 32.7 Å². The van der Waals surface area contributed by atoms with Crippen LogP contribution >= 0.6 is 0 Å². The molecule has 1 aliphatic rings. The van der Waals surface area contributed by atoms with Crippen molar-refractivity contribution in [1.82, 2.24) is 14.1 Å². The van der Waals surface area contributed by atoms with Gasteiger partial charge in [-0.3, -0.25) is 4.79 Å². The Hall–Kier alpha value is -1.35. The van der Waals surface area contributed by atoms with Crippen LogP contribution in [-0.4, -0.2) is 86.7 Å². The molecular weight excluding hydrogens is 334 g/mol. The Kier molecular flexibility index (Phi) is 7.95. The maximum absolute atomic E-state index is 12.4. The van der Waals surface area contributed by atoms with Gasteiger partial charge in [-0.05, 0) is 19.3 Å². The Bertz CT molecular complexity index is 527. The van der Waals surface area contributed by atoms with Gasteiger partial charge in [0.05, 0.1) is 19.4 Å². The van der Waals surface area contributed by atoms with E-state index in [-0.39, 0.29) is 18.5 Å². The summed E-state index contributed by atoms with van der Waals surface area (Å²) < 4.78 is 29.9. The molecule has 8 nitrogen and oxygen atoms in total. The van der Waals surface area contributed by atoms with E-state index in [4.69, 9.17) is 4.74 Å². The molecule has 0 aliphatic carbocycles. The van der Waals surface area contributed by atoms with Crippen LogP contribution in [0.15, 0.2) is 0 Å². The molecule has 1 saturated heterocycles. The molecule has 0 aromatic carbocycles. The van der Waals surface area contributed by atoms with Gasteiger partial charge in [-0.1, -0.05) is 13.8 Å². The topological polar surface area (TPSA) is 87.2 Å². The van der Waals surface area contributed by atoms with Crippen LogP contribution in [0.25, 0.3) is 0 Å². The second kappa shape index (κ2) is 9.22. The SMILES string of the molecule is CCOC(=O)N1CCN(C(=O)CN(CCC(C)C)S(C)(=O)=O)CC1. The molecule has 9 heteroatoms. The molecule has 2 amide bonds. The fraction of sp³-hybridized carbons (Fsp3) is 0.867. The maximum Gasteiger partial charge on any atom is 0.409 e. The monoisotopic (exact) mass is 363 g/mol. The molecule has 0 N–H and O–H groups in total. The van der Waals surface area contributed by atoms with E-state index in [0.29, 0.717) is 51.7 Å². The summed E-state index contributed by atoms with van der Waals surface area (Å²) in [7, 11) is -3.42. The lowest BCUT2D eigenvalue weighted by Crippen LogP contribution is -2.53. The zero-order valence-corrected chi connectivity index (χ0v) is 15.8. The Labute approximate surface area is 144 Å². The number of hydrogen-bond donors (Lipinski definition) is 0. The Morgan fingerprint density at radius 3 is 2.12 bits per heavy atom. The lowest BCUT2D eigenvalue weighted by atomic mass is 10.1. The minimum Gasteiger partial charge on any atom is -0.450 e. The van der Waals surface area contributed by atoms with Crippen molar-refractivity contribution in [1.29, 1.82) is 0 Å². The molecule has 0 spiro atoms. The van der Waals surface area contributed by atoms with Crippen LogP contribution in [0.5, 0.6) is 0 Å². The largest absolute Gasteiger partial charge is 0.450 e. The molecule has 1 rings (SSSR count). The molecule has 140 valence electrons. The number of sulfonamides is 1. The van der Waals surface area contributed by atoms with E-state index in [0.717, 1.165) is 6.26 Å². The first kappa shape index (κ1) is 20.7. The highest BCUT2D eigenvalue weighted by molar-refractivity contribution is 7.88. The average molecular weight is 363 g/mol. The van der Waals surface area contributed by atoms with Crippen molar-refractivity contribution in [2.45, 2.75) is 27.2 Å². The van der Waals surface area contributed by atoms with Gasteiger partial charge in [0.15, 0.2) is 0 Å². The summed E-state index contributed by atoms with van der Waals surface area (Å²) in [5, 5.41) is 0. The van der Waals surface area contributed by atoms with Crippen LogP contribution < -0.4 is 0 Å². The lowest BCUT2D eigenvalue weighted by Gasteiger charge is -2.35. The fourth-order valence-corrected chi connectivity index (χ4v) is 3.15. The van der Waals surface area contributed by atoms with Crippen molar-refractivity contribution in [2.24, 2.45) is 5.92 Å². The third-order valence-corrected chi connectivity index (χ3v) is 5.14. The minimum absolute atomic E-state index is 0.148. The third kappa shape index (κ3) is 6.64. The summed E-state index contributed by atoms with van der Waals surface area (Å²) in [4.78, 5) is 27.2. The maximum atomic E-state index is 12.4. The molecule has 1 heterocycles. The van der Waals surface area contributed by atoms with Crippen LogP contribution in [0.3, 0.4) is 0 Å². The van der Waals surface area contributed by atoms with Gasteiger partial charge in [0.25, 0.3) is 0 Å². The molecule has 0 saturated carbocycles. The highest BCUT2D eigenvalue weighted by Gasteiger charge is 2.28. The zero-order chi connectivity index (χ0) is 18.3. The van der Waals surface area contributed by atoms with Crippen molar-refractivity contribution in [3.05, 3.63) is 0 Å². The summed E-state index contributed by atoms with van der Waals surface area (Å²) in [5.41, 5.74) is 0. The van der Waals surface area contributed by atoms with Gasteiger partial charge in [-0.25, -0.2) is 13.2 Å². The summed E-state index contributed by atoms with van der Waals surface area (Å²) in [6.45, 7) is 7.85. The summed E-state index contributed by atoms with van der Waals surface area (Å²) in [6, 6.07) is 0. The van der Waals surface area contributed by atoms with Gasteiger partial charge < -0.3 is 14.5 Å². The summed E-state index contributed by atoms with van der Waals surface area (Å²) in [6.07, 6.45) is 1.45. The predicted octanol–water partition coefficient (Wildman–Crippen LogP) is 0.595. The van der Waals surface area contributed by atoms with Crippen LogP contribution in [0.4, 0.5) is 4.79 Å². The van der Waals surface area contributed by atoms with Crippen LogP contribution in [0, 0.1) is 5.92 Å². The molecule has 24 heavy (non-hydrogen) atoms. The van der Waals surface area contributed by atoms with Crippen molar-refractivity contribution in [2.75, 3.05) is 52.1 Å². The molecule has 1 aliphatic heterocycles. The van der Waals surface area contributed by atoms with E-state index in [2.05, 4.69) is 0 Å². The second-order valence-electron chi connectivity index (χ2n) is 6.35. The van der Waals surface area contributed by atoms with Gasteiger partial charge in [-0.2, -0.15) is 4.31 Å². The molecule has 0 bridgehead atoms. The molecule has 0 aromatic heterocycles. The first-order chi connectivity index (χ1) is 11.1. The van der Waals surface area contributed by atoms with Crippen LogP contribution in [0.1, 0.15) is 27.2 Å². The van der Waals surface area contributed by atoms with Crippen molar-refractivity contribution >= 4 is 22.0 Å². The van der Waals surface area contributed by atoms with E-state index < -0.39 is 10.0 Å².